The summed E-state index contributed by atoms with van der Waals surface area (Å²) < 4.78 is 1.87. The summed E-state index contributed by atoms with van der Waals surface area (Å²) in [6.45, 7) is 3.99. The molecule has 7 nitrogen and oxygen atoms in total. The largest absolute Gasteiger partial charge is 0.306 e. The lowest BCUT2D eigenvalue weighted by Crippen LogP contribution is -2.43. The summed E-state index contributed by atoms with van der Waals surface area (Å²) in [6, 6.07) is 9.69. The van der Waals surface area contributed by atoms with Gasteiger partial charge in [0.1, 0.15) is 5.56 Å². The van der Waals surface area contributed by atoms with E-state index in [1.807, 2.05) is 41.2 Å². The highest BCUT2D eigenvalue weighted by molar-refractivity contribution is 6.07. The Hall–Kier alpha value is -3.22. The Kier molecular flexibility index (Phi) is 3.91. The van der Waals surface area contributed by atoms with E-state index in [0.29, 0.717) is 17.8 Å². The summed E-state index contributed by atoms with van der Waals surface area (Å²) in [5, 5.41) is 10.7. The summed E-state index contributed by atoms with van der Waals surface area (Å²) in [4.78, 5) is 27.3. The maximum absolute atomic E-state index is 13.3. The Morgan fingerprint density at radius 1 is 1.23 bits per heavy atom. The maximum atomic E-state index is 13.3. The molecule has 0 saturated heterocycles. The predicted molar refractivity (Wildman–Crippen MR) is 97.4 cm³/mol. The van der Waals surface area contributed by atoms with Gasteiger partial charge in [-0.05, 0) is 43.5 Å². The van der Waals surface area contributed by atoms with Crippen LogP contribution in [0.3, 0.4) is 0 Å². The Bertz CT molecular complexity index is 1020. The minimum atomic E-state index is -0.461. The fourth-order valence-electron chi connectivity index (χ4n) is 3.46. The molecule has 0 spiro atoms. The van der Waals surface area contributed by atoms with Crippen LogP contribution in [-0.2, 0) is 6.42 Å². The molecule has 4 rings (SSSR count). The van der Waals surface area contributed by atoms with Crippen LogP contribution in [0.15, 0.2) is 47.5 Å². The highest BCUT2D eigenvalue weighted by Gasteiger charge is 2.32. The number of aromatic nitrogens is 4. The number of amides is 1. The molecule has 1 aromatic carbocycles. The van der Waals surface area contributed by atoms with Crippen LogP contribution in [0.25, 0.3) is 0 Å². The third kappa shape index (κ3) is 2.61. The second kappa shape index (κ2) is 6.25. The summed E-state index contributed by atoms with van der Waals surface area (Å²) in [5.74, 6) is -0.307. The lowest BCUT2D eigenvalue weighted by atomic mass is 9.96. The van der Waals surface area contributed by atoms with Crippen molar-refractivity contribution < 1.29 is 4.79 Å². The van der Waals surface area contributed by atoms with Gasteiger partial charge in [-0.25, -0.2) is 5.10 Å². The number of fused-ring (bicyclic) bond motifs is 1. The number of nitrogens with zero attached hydrogens (tertiary/aromatic N) is 4. The molecular formula is C19H19N5O2. The van der Waals surface area contributed by atoms with Crippen molar-refractivity contribution >= 4 is 11.6 Å². The van der Waals surface area contributed by atoms with Gasteiger partial charge in [-0.1, -0.05) is 18.2 Å². The summed E-state index contributed by atoms with van der Waals surface area (Å²) in [5.41, 5.74) is 2.84. The molecule has 132 valence electrons. The molecule has 1 N–H and O–H groups in total. The van der Waals surface area contributed by atoms with Crippen molar-refractivity contribution in [3.63, 3.8) is 0 Å². The van der Waals surface area contributed by atoms with Gasteiger partial charge in [0.15, 0.2) is 0 Å². The van der Waals surface area contributed by atoms with Gasteiger partial charge in [0.25, 0.3) is 11.5 Å². The SMILES string of the molecule is Cc1n[nH]c(=O)c(C(=O)N2CC(n3cccn3)Cc3ccccc32)c1C. The zero-order valence-electron chi connectivity index (χ0n) is 14.6. The molecule has 0 fully saturated rings. The van der Waals surface area contributed by atoms with Gasteiger partial charge in [0.2, 0.25) is 0 Å². The van der Waals surface area contributed by atoms with Crippen LogP contribution < -0.4 is 10.5 Å². The van der Waals surface area contributed by atoms with Gasteiger partial charge < -0.3 is 4.90 Å². The van der Waals surface area contributed by atoms with Crippen molar-refractivity contribution in [2.45, 2.75) is 26.3 Å². The smallest absolute Gasteiger partial charge is 0.277 e. The number of anilines is 1. The predicted octanol–water partition coefficient (Wildman–Crippen LogP) is 2.03. The molecule has 1 aliphatic heterocycles. The molecule has 1 unspecified atom stereocenters. The number of aryl methyl sites for hydroxylation is 1. The molecule has 1 amide bonds. The van der Waals surface area contributed by atoms with Crippen LogP contribution in [-0.4, -0.2) is 32.4 Å². The van der Waals surface area contributed by atoms with E-state index in [9.17, 15) is 9.59 Å². The van der Waals surface area contributed by atoms with Gasteiger partial charge in [-0.3, -0.25) is 14.3 Å². The summed E-state index contributed by atoms with van der Waals surface area (Å²) in [7, 11) is 0. The molecule has 1 atom stereocenters. The van der Waals surface area contributed by atoms with Crippen LogP contribution in [0.2, 0.25) is 0 Å². The molecule has 0 radical (unpaired) electrons. The van der Waals surface area contributed by atoms with Crippen molar-refractivity contribution in [3.05, 3.63) is 75.5 Å². The highest BCUT2D eigenvalue weighted by Crippen LogP contribution is 2.32. The molecular weight excluding hydrogens is 330 g/mol. The summed E-state index contributed by atoms with van der Waals surface area (Å²) in [6.07, 6.45) is 4.41. The van der Waals surface area contributed by atoms with Gasteiger partial charge in [-0.15, -0.1) is 0 Å². The van der Waals surface area contributed by atoms with E-state index in [4.69, 9.17) is 0 Å². The third-order valence-corrected chi connectivity index (χ3v) is 4.96. The van der Waals surface area contributed by atoms with E-state index in [0.717, 1.165) is 17.7 Å². The molecule has 26 heavy (non-hydrogen) atoms. The average molecular weight is 349 g/mol. The van der Waals surface area contributed by atoms with E-state index in [1.54, 1.807) is 24.9 Å². The topological polar surface area (TPSA) is 83.9 Å². The van der Waals surface area contributed by atoms with E-state index in [1.165, 1.54) is 0 Å². The molecule has 0 bridgehead atoms. The van der Waals surface area contributed by atoms with Gasteiger partial charge in [0.05, 0.1) is 11.7 Å². The number of nitrogens with one attached hydrogen (secondary N) is 1. The first-order valence-electron chi connectivity index (χ1n) is 8.51. The van der Waals surface area contributed by atoms with E-state index >= 15 is 0 Å². The van der Waals surface area contributed by atoms with Gasteiger partial charge in [-0.2, -0.15) is 10.2 Å². The molecule has 1 aliphatic rings. The first-order chi connectivity index (χ1) is 12.6. The van der Waals surface area contributed by atoms with E-state index in [-0.39, 0.29) is 17.5 Å². The van der Waals surface area contributed by atoms with Crippen LogP contribution in [0.1, 0.15) is 33.2 Å². The highest BCUT2D eigenvalue weighted by atomic mass is 16.2. The first-order valence-corrected chi connectivity index (χ1v) is 8.51. The second-order valence-electron chi connectivity index (χ2n) is 6.53. The number of carbonyl (C=O) groups is 1. The normalized spacial score (nSPS) is 16.4. The molecule has 7 heteroatoms. The lowest BCUT2D eigenvalue weighted by Gasteiger charge is -2.34. The van der Waals surface area contributed by atoms with Crippen LogP contribution >= 0.6 is 0 Å². The van der Waals surface area contributed by atoms with Gasteiger partial charge in [0, 0.05) is 24.6 Å². The van der Waals surface area contributed by atoms with Crippen molar-refractivity contribution in [3.8, 4) is 0 Å². The fraction of sp³-hybridized carbons (Fsp3) is 0.263. The van der Waals surface area contributed by atoms with Crippen LogP contribution in [0.5, 0.6) is 0 Å². The number of hydrogen-bond acceptors (Lipinski definition) is 4. The average Bonchev–Trinajstić information content (AvgIpc) is 3.19. The number of carbonyl (C=O) groups excluding carboxylic acids is 1. The van der Waals surface area contributed by atoms with Crippen molar-refractivity contribution in [1.29, 1.82) is 0 Å². The van der Waals surface area contributed by atoms with Crippen molar-refractivity contribution in [2.75, 3.05) is 11.4 Å². The molecule has 0 saturated carbocycles. The zero-order chi connectivity index (χ0) is 18.3. The lowest BCUT2D eigenvalue weighted by molar-refractivity contribution is 0.0977. The Morgan fingerprint density at radius 2 is 2.04 bits per heavy atom. The number of rotatable bonds is 2. The molecule has 0 aliphatic carbocycles. The number of H-pyrrole nitrogens is 1. The first kappa shape index (κ1) is 16.3. The fourth-order valence-corrected chi connectivity index (χ4v) is 3.46. The Labute approximate surface area is 150 Å². The second-order valence-corrected chi connectivity index (χ2v) is 6.53. The van der Waals surface area contributed by atoms with E-state index in [2.05, 4.69) is 15.3 Å². The van der Waals surface area contributed by atoms with Crippen molar-refractivity contribution in [1.82, 2.24) is 20.0 Å². The quantitative estimate of drug-likeness (QED) is 0.767. The van der Waals surface area contributed by atoms with Gasteiger partial charge >= 0.3 is 0 Å². The maximum Gasteiger partial charge on any atom is 0.277 e. The van der Waals surface area contributed by atoms with E-state index < -0.39 is 5.56 Å². The molecule has 3 heterocycles. The monoisotopic (exact) mass is 349 g/mol. The number of para-hydroxylation sites is 1. The van der Waals surface area contributed by atoms with Crippen molar-refractivity contribution in [2.24, 2.45) is 0 Å². The standard InChI is InChI=1S/C19H19N5O2/c1-12-13(2)21-22-18(25)17(12)19(26)23-11-15(24-9-5-8-20-24)10-14-6-3-4-7-16(14)23/h3-9,15H,10-11H2,1-2H3,(H,22,25). The Morgan fingerprint density at radius 3 is 2.81 bits per heavy atom. The summed E-state index contributed by atoms with van der Waals surface area (Å²) >= 11 is 0. The minimum Gasteiger partial charge on any atom is -0.306 e. The number of benzene rings is 1. The zero-order valence-corrected chi connectivity index (χ0v) is 14.6. The number of hydrogen-bond donors (Lipinski definition) is 1. The molecule has 3 aromatic rings. The number of aromatic amines is 1. The van der Waals surface area contributed by atoms with Crippen LogP contribution in [0.4, 0.5) is 5.69 Å². The Balaban J connectivity index is 1.81. The van der Waals surface area contributed by atoms with Crippen LogP contribution in [0, 0.1) is 13.8 Å². The molecule has 2 aromatic heterocycles. The third-order valence-electron chi connectivity index (χ3n) is 4.96. The minimum absolute atomic E-state index is 0.0196.